The van der Waals surface area contributed by atoms with Gasteiger partial charge in [0.15, 0.2) is 6.04 Å². The van der Waals surface area contributed by atoms with E-state index in [9.17, 15) is 19.8 Å². The van der Waals surface area contributed by atoms with E-state index in [0.29, 0.717) is 0 Å². The summed E-state index contributed by atoms with van der Waals surface area (Å²) in [4.78, 5) is 24.1. The second-order valence-corrected chi connectivity index (χ2v) is 8.17. The van der Waals surface area contributed by atoms with E-state index in [0.717, 1.165) is 54.4 Å². The summed E-state index contributed by atoms with van der Waals surface area (Å²) in [6.45, 7) is 0.103. The van der Waals surface area contributed by atoms with E-state index >= 15 is 0 Å². The van der Waals surface area contributed by atoms with Crippen LogP contribution in [0.3, 0.4) is 0 Å². The quantitative estimate of drug-likeness (QED) is 0.672. The van der Waals surface area contributed by atoms with Crippen LogP contribution in [-0.4, -0.2) is 41.0 Å². The van der Waals surface area contributed by atoms with Crippen LogP contribution in [-0.2, 0) is 9.53 Å². The van der Waals surface area contributed by atoms with Gasteiger partial charge in [0, 0.05) is 5.92 Å². The minimum Gasteiger partial charge on any atom is -0.480 e. The molecule has 1 amide bonds. The molecule has 2 aliphatic carbocycles. The second kappa shape index (κ2) is 8.88. The van der Waals surface area contributed by atoms with E-state index in [-0.39, 0.29) is 18.4 Å². The fourth-order valence-electron chi connectivity index (χ4n) is 4.81. The Labute approximate surface area is 175 Å². The number of carbonyl (C=O) groups is 2. The van der Waals surface area contributed by atoms with Crippen molar-refractivity contribution >= 4 is 12.1 Å². The van der Waals surface area contributed by atoms with E-state index < -0.39 is 24.2 Å². The number of benzene rings is 2. The molecule has 0 unspecified atom stereocenters. The number of carboxylic acids is 1. The van der Waals surface area contributed by atoms with E-state index in [1.54, 1.807) is 0 Å². The van der Waals surface area contributed by atoms with Crippen LogP contribution < -0.4 is 5.32 Å². The Kier molecular flexibility index (Phi) is 6.04. The molecule has 0 bridgehead atoms. The van der Waals surface area contributed by atoms with E-state index in [1.807, 2.05) is 36.4 Å². The molecule has 0 aliphatic heterocycles. The predicted octanol–water partition coefficient (Wildman–Crippen LogP) is 3.92. The number of alkyl carbamates (subject to hydrolysis) is 1. The van der Waals surface area contributed by atoms with Crippen molar-refractivity contribution < 1.29 is 24.5 Å². The monoisotopic (exact) mass is 409 g/mol. The van der Waals surface area contributed by atoms with Crippen LogP contribution in [0.4, 0.5) is 4.79 Å². The molecule has 3 N–H and O–H groups in total. The van der Waals surface area contributed by atoms with Crippen molar-refractivity contribution in [2.75, 3.05) is 6.61 Å². The number of amides is 1. The van der Waals surface area contributed by atoms with Gasteiger partial charge in [-0.3, -0.25) is 0 Å². The Bertz CT molecular complexity index is 876. The van der Waals surface area contributed by atoms with Gasteiger partial charge < -0.3 is 20.3 Å². The molecule has 4 rings (SSSR count). The first-order valence-corrected chi connectivity index (χ1v) is 10.6. The Hall–Kier alpha value is -2.86. The molecule has 158 valence electrons. The predicted molar refractivity (Wildman–Crippen MR) is 112 cm³/mol. The Balaban J connectivity index is 1.42. The lowest BCUT2D eigenvalue weighted by Gasteiger charge is -2.30. The highest BCUT2D eigenvalue weighted by molar-refractivity contribution is 5.81. The number of hydrogen-bond donors (Lipinski definition) is 3. The van der Waals surface area contributed by atoms with Gasteiger partial charge >= 0.3 is 12.1 Å². The zero-order chi connectivity index (χ0) is 21.1. The van der Waals surface area contributed by atoms with E-state index in [4.69, 9.17) is 4.74 Å². The largest absolute Gasteiger partial charge is 0.480 e. The molecule has 2 aromatic carbocycles. The van der Waals surface area contributed by atoms with Crippen LogP contribution in [0.2, 0.25) is 0 Å². The smallest absolute Gasteiger partial charge is 0.407 e. The highest BCUT2D eigenvalue weighted by Crippen LogP contribution is 2.44. The maximum absolute atomic E-state index is 12.4. The molecule has 0 radical (unpaired) electrons. The maximum Gasteiger partial charge on any atom is 0.407 e. The first-order valence-electron chi connectivity index (χ1n) is 10.6. The third-order valence-electron chi connectivity index (χ3n) is 6.36. The molecule has 30 heavy (non-hydrogen) atoms. The third-order valence-corrected chi connectivity index (χ3v) is 6.36. The molecule has 2 atom stereocenters. The lowest BCUT2D eigenvalue weighted by Crippen LogP contribution is -2.52. The summed E-state index contributed by atoms with van der Waals surface area (Å²) in [5, 5.41) is 22.4. The van der Waals surface area contributed by atoms with Crippen molar-refractivity contribution in [2.45, 2.75) is 50.2 Å². The Morgan fingerprint density at radius 2 is 1.53 bits per heavy atom. The van der Waals surface area contributed by atoms with E-state index in [1.165, 1.54) is 0 Å². The van der Waals surface area contributed by atoms with Crippen LogP contribution in [0, 0.1) is 5.92 Å². The molecule has 0 saturated heterocycles. The average Bonchev–Trinajstić information content (AvgIpc) is 3.10. The number of nitrogens with one attached hydrogen (secondary N) is 1. The molecule has 1 fully saturated rings. The zero-order valence-electron chi connectivity index (χ0n) is 16.8. The van der Waals surface area contributed by atoms with Crippen LogP contribution >= 0.6 is 0 Å². The number of carbonyl (C=O) groups excluding carboxylic acids is 1. The van der Waals surface area contributed by atoms with Gasteiger partial charge in [-0.2, -0.15) is 0 Å². The van der Waals surface area contributed by atoms with Crippen LogP contribution in [0.5, 0.6) is 0 Å². The number of hydrogen-bond acceptors (Lipinski definition) is 4. The standard InChI is InChI=1S/C24H27NO5/c26-22(15-8-2-1-3-9-15)21(23(27)28)25-24(29)30-14-20-18-12-6-4-10-16(18)17-11-5-7-13-19(17)20/h4-7,10-13,15,20-22,26H,1-3,8-9,14H2,(H,25,29)(H,27,28)/t21-,22+/m0/s1. The topological polar surface area (TPSA) is 95.9 Å². The normalized spacial score (nSPS) is 18.2. The summed E-state index contributed by atoms with van der Waals surface area (Å²) < 4.78 is 5.43. The Morgan fingerprint density at radius 1 is 0.967 bits per heavy atom. The summed E-state index contributed by atoms with van der Waals surface area (Å²) in [5.41, 5.74) is 4.42. The van der Waals surface area contributed by atoms with Crippen molar-refractivity contribution in [3.8, 4) is 11.1 Å². The molecule has 6 nitrogen and oxygen atoms in total. The molecule has 2 aromatic rings. The van der Waals surface area contributed by atoms with Crippen LogP contribution in [0.1, 0.15) is 49.1 Å². The molecular formula is C24H27NO5. The highest BCUT2D eigenvalue weighted by Gasteiger charge is 2.35. The molecule has 2 aliphatic rings. The summed E-state index contributed by atoms with van der Waals surface area (Å²) in [5.74, 6) is -1.47. The fraction of sp³-hybridized carbons (Fsp3) is 0.417. The first kappa shape index (κ1) is 20.4. The molecule has 6 heteroatoms. The Morgan fingerprint density at radius 3 is 2.10 bits per heavy atom. The highest BCUT2D eigenvalue weighted by atomic mass is 16.5. The van der Waals surface area contributed by atoms with E-state index in [2.05, 4.69) is 17.4 Å². The molecule has 0 spiro atoms. The number of carboxylic acid groups (broad SMARTS) is 1. The van der Waals surface area contributed by atoms with Gasteiger partial charge in [0.2, 0.25) is 0 Å². The van der Waals surface area contributed by atoms with Crippen molar-refractivity contribution in [3.05, 3.63) is 59.7 Å². The lowest BCUT2D eigenvalue weighted by molar-refractivity contribution is -0.143. The van der Waals surface area contributed by atoms with Crippen LogP contribution in [0.15, 0.2) is 48.5 Å². The van der Waals surface area contributed by atoms with Crippen molar-refractivity contribution in [3.63, 3.8) is 0 Å². The zero-order valence-corrected chi connectivity index (χ0v) is 16.8. The average molecular weight is 409 g/mol. The third kappa shape index (κ3) is 4.05. The van der Waals surface area contributed by atoms with Gasteiger partial charge in [0.25, 0.3) is 0 Å². The number of aliphatic hydroxyl groups is 1. The molecular weight excluding hydrogens is 382 g/mol. The molecule has 0 aromatic heterocycles. The van der Waals surface area contributed by atoms with Gasteiger partial charge in [-0.05, 0) is 41.0 Å². The van der Waals surface area contributed by atoms with Crippen molar-refractivity contribution in [2.24, 2.45) is 5.92 Å². The lowest BCUT2D eigenvalue weighted by atomic mass is 9.82. The summed E-state index contributed by atoms with van der Waals surface area (Å²) in [7, 11) is 0. The van der Waals surface area contributed by atoms with Gasteiger partial charge in [0.1, 0.15) is 6.61 Å². The van der Waals surface area contributed by atoms with Gasteiger partial charge in [-0.1, -0.05) is 67.8 Å². The molecule has 0 heterocycles. The summed E-state index contributed by atoms with van der Waals surface area (Å²) in [6, 6.07) is 14.7. The first-order chi connectivity index (χ1) is 14.6. The maximum atomic E-state index is 12.4. The van der Waals surface area contributed by atoms with Crippen LogP contribution in [0.25, 0.3) is 11.1 Å². The SMILES string of the molecule is O=C(N[C@H](C(=O)O)[C@H](O)C1CCCCC1)OCC1c2ccccc2-c2ccccc21. The second-order valence-electron chi connectivity index (χ2n) is 8.17. The minimum atomic E-state index is -1.37. The number of fused-ring (bicyclic) bond motifs is 3. The summed E-state index contributed by atoms with van der Waals surface area (Å²) in [6.07, 6.45) is 2.65. The summed E-state index contributed by atoms with van der Waals surface area (Å²) >= 11 is 0. The minimum absolute atomic E-state index is 0.102. The number of rotatable bonds is 6. The number of aliphatic carboxylic acids is 1. The van der Waals surface area contributed by atoms with Crippen molar-refractivity contribution in [1.82, 2.24) is 5.32 Å². The number of aliphatic hydroxyl groups excluding tert-OH is 1. The van der Waals surface area contributed by atoms with Gasteiger partial charge in [-0.15, -0.1) is 0 Å². The fourth-order valence-corrected chi connectivity index (χ4v) is 4.81. The van der Waals surface area contributed by atoms with Gasteiger partial charge in [0.05, 0.1) is 6.10 Å². The molecule has 1 saturated carbocycles. The van der Waals surface area contributed by atoms with Crippen molar-refractivity contribution in [1.29, 1.82) is 0 Å². The number of ether oxygens (including phenoxy) is 1. The van der Waals surface area contributed by atoms with Gasteiger partial charge in [-0.25, -0.2) is 9.59 Å².